The molecule has 1 amide bonds. The lowest BCUT2D eigenvalue weighted by Gasteiger charge is -2.34. The molecule has 0 unspecified atom stereocenters. The molecule has 2 atom stereocenters. The van der Waals surface area contributed by atoms with E-state index in [4.69, 9.17) is 0 Å². The summed E-state index contributed by atoms with van der Waals surface area (Å²) in [5.41, 5.74) is 3.18. The highest BCUT2D eigenvalue weighted by atomic mass is 19.4. The van der Waals surface area contributed by atoms with Crippen molar-refractivity contribution in [1.29, 1.82) is 0 Å². The number of hydrogen-bond acceptors (Lipinski definition) is 3. The summed E-state index contributed by atoms with van der Waals surface area (Å²) in [6, 6.07) is 14.5. The molecule has 2 aliphatic heterocycles. The highest BCUT2D eigenvalue weighted by Crippen LogP contribution is 2.44. The van der Waals surface area contributed by atoms with E-state index in [-0.39, 0.29) is 23.7 Å². The van der Waals surface area contributed by atoms with E-state index in [0.717, 1.165) is 22.2 Å². The quantitative estimate of drug-likeness (QED) is 0.644. The van der Waals surface area contributed by atoms with Crippen molar-refractivity contribution < 1.29 is 18.0 Å². The Morgan fingerprint density at radius 1 is 1.03 bits per heavy atom. The molecule has 2 aromatic carbocycles. The van der Waals surface area contributed by atoms with E-state index in [0.29, 0.717) is 13.1 Å². The molecule has 0 aliphatic carbocycles. The molecule has 0 saturated heterocycles. The van der Waals surface area contributed by atoms with Crippen molar-refractivity contribution in [2.24, 2.45) is 0 Å². The molecule has 0 bridgehead atoms. The minimum Gasteiger partial charge on any atom is -0.363 e. The van der Waals surface area contributed by atoms with Gasteiger partial charge in [0.2, 0.25) is 0 Å². The van der Waals surface area contributed by atoms with Crippen LogP contribution in [0.4, 0.5) is 19.0 Å². The molecule has 3 heterocycles. The number of anilines is 1. The Balaban J connectivity index is 1.49. The number of fused-ring (bicyclic) bond motifs is 2. The molecule has 5 rings (SSSR count). The molecule has 8 heteroatoms. The molecule has 31 heavy (non-hydrogen) atoms. The maximum Gasteiger partial charge on any atom is 0.410 e. The van der Waals surface area contributed by atoms with Crippen LogP contribution in [0, 0.1) is 0 Å². The van der Waals surface area contributed by atoms with Gasteiger partial charge < -0.3 is 10.2 Å². The first-order valence-electron chi connectivity index (χ1n) is 10.2. The normalized spacial score (nSPS) is 20.5. The summed E-state index contributed by atoms with van der Waals surface area (Å²) in [7, 11) is 0. The minimum absolute atomic E-state index is 0.131. The number of aromatic nitrogens is 2. The first-order valence-corrected chi connectivity index (χ1v) is 10.2. The van der Waals surface area contributed by atoms with Gasteiger partial charge in [0.25, 0.3) is 5.91 Å². The minimum atomic E-state index is -4.47. The summed E-state index contributed by atoms with van der Waals surface area (Å²) in [5, 5.41) is 7.14. The Labute approximate surface area is 177 Å². The van der Waals surface area contributed by atoms with Crippen LogP contribution < -0.4 is 5.32 Å². The van der Waals surface area contributed by atoms with Gasteiger partial charge in [0.15, 0.2) is 6.04 Å². The van der Waals surface area contributed by atoms with E-state index in [2.05, 4.69) is 10.4 Å². The van der Waals surface area contributed by atoms with E-state index in [1.807, 2.05) is 30.3 Å². The Morgan fingerprint density at radius 2 is 1.74 bits per heavy atom. The average molecular weight is 426 g/mol. The van der Waals surface area contributed by atoms with Gasteiger partial charge in [-0.15, -0.1) is 0 Å². The molecule has 5 nitrogen and oxygen atoms in total. The second-order valence-electron chi connectivity index (χ2n) is 8.00. The third kappa shape index (κ3) is 3.56. The Kier molecular flexibility index (Phi) is 4.72. The van der Waals surface area contributed by atoms with Crippen LogP contribution in [0.25, 0.3) is 0 Å². The van der Waals surface area contributed by atoms with Gasteiger partial charge in [-0.05, 0) is 23.1 Å². The van der Waals surface area contributed by atoms with Crippen LogP contribution in [0.15, 0.2) is 60.8 Å². The summed E-state index contributed by atoms with van der Waals surface area (Å²) < 4.78 is 42.5. The molecule has 0 fully saturated rings. The van der Waals surface area contributed by atoms with Crippen molar-refractivity contribution in [3.05, 3.63) is 83.0 Å². The monoisotopic (exact) mass is 426 g/mol. The van der Waals surface area contributed by atoms with Crippen molar-refractivity contribution in [2.75, 3.05) is 11.9 Å². The molecule has 2 aliphatic rings. The first kappa shape index (κ1) is 19.7. The third-order valence-corrected chi connectivity index (χ3v) is 6.09. The van der Waals surface area contributed by atoms with E-state index in [1.165, 1.54) is 11.8 Å². The molecule has 1 N–H and O–H groups in total. The fraction of sp³-hybridized carbons (Fsp3) is 0.304. The third-order valence-electron chi connectivity index (χ3n) is 6.09. The summed E-state index contributed by atoms with van der Waals surface area (Å²) in [5.74, 6) is -0.177. The molecule has 0 radical (unpaired) electrons. The van der Waals surface area contributed by atoms with Gasteiger partial charge in [0.05, 0.1) is 12.2 Å². The largest absolute Gasteiger partial charge is 0.410 e. The number of nitrogens with zero attached hydrogens (tertiary/aromatic N) is 3. The van der Waals surface area contributed by atoms with Crippen molar-refractivity contribution in [3.8, 4) is 0 Å². The van der Waals surface area contributed by atoms with Gasteiger partial charge in [0.1, 0.15) is 11.4 Å². The van der Waals surface area contributed by atoms with Crippen LogP contribution in [0.2, 0.25) is 0 Å². The topological polar surface area (TPSA) is 50.2 Å². The van der Waals surface area contributed by atoms with Crippen molar-refractivity contribution >= 4 is 11.7 Å². The van der Waals surface area contributed by atoms with Gasteiger partial charge in [-0.1, -0.05) is 54.6 Å². The van der Waals surface area contributed by atoms with E-state index in [1.54, 1.807) is 29.2 Å². The van der Waals surface area contributed by atoms with Crippen molar-refractivity contribution in [3.63, 3.8) is 0 Å². The van der Waals surface area contributed by atoms with Crippen LogP contribution in [-0.2, 0) is 13.0 Å². The first-order chi connectivity index (χ1) is 14.9. The lowest BCUT2D eigenvalue weighted by atomic mass is 9.96. The van der Waals surface area contributed by atoms with Crippen LogP contribution >= 0.6 is 0 Å². The van der Waals surface area contributed by atoms with Gasteiger partial charge in [-0.3, -0.25) is 4.79 Å². The fourth-order valence-electron chi connectivity index (χ4n) is 4.46. The van der Waals surface area contributed by atoms with Gasteiger partial charge in [-0.25, -0.2) is 4.68 Å². The summed E-state index contributed by atoms with van der Waals surface area (Å²) >= 11 is 0. The molecule has 1 aromatic heterocycles. The number of benzene rings is 2. The number of hydrogen-bond donors (Lipinski definition) is 1. The van der Waals surface area contributed by atoms with Crippen molar-refractivity contribution in [2.45, 2.75) is 37.6 Å². The predicted octanol–water partition coefficient (Wildman–Crippen LogP) is 4.74. The zero-order chi connectivity index (χ0) is 21.6. The summed E-state index contributed by atoms with van der Waals surface area (Å²) in [6.07, 6.45) is -2.68. The van der Waals surface area contributed by atoms with E-state index in [9.17, 15) is 18.0 Å². The Morgan fingerprint density at radius 3 is 2.48 bits per heavy atom. The van der Waals surface area contributed by atoms with Crippen molar-refractivity contribution in [1.82, 2.24) is 14.7 Å². The van der Waals surface area contributed by atoms with Gasteiger partial charge >= 0.3 is 6.18 Å². The van der Waals surface area contributed by atoms with Crippen LogP contribution in [-0.4, -0.2) is 33.3 Å². The number of amides is 1. The second kappa shape index (κ2) is 7.44. The lowest BCUT2D eigenvalue weighted by molar-refractivity contribution is -0.173. The average Bonchev–Trinajstić information content (AvgIpc) is 3.21. The number of rotatable bonds is 2. The van der Waals surface area contributed by atoms with Crippen LogP contribution in [0.1, 0.15) is 45.6 Å². The number of alkyl halides is 3. The van der Waals surface area contributed by atoms with Gasteiger partial charge in [-0.2, -0.15) is 18.3 Å². The Bertz CT molecular complexity index is 1110. The van der Waals surface area contributed by atoms with Crippen LogP contribution in [0.3, 0.4) is 0 Å². The molecule has 3 aromatic rings. The van der Waals surface area contributed by atoms with Gasteiger partial charge in [0, 0.05) is 19.5 Å². The summed E-state index contributed by atoms with van der Waals surface area (Å²) in [4.78, 5) is 15.0. The molecular weight excluding hydrogens is 405 g/mol. The SMILES string of the molecule is O=C(c1cnn2c1N[C@@H](c1ccccc1)C[C@H]2C(F)(F)F)N1CCc2ccccc2C1. The zero-order valence-electron chi connectivity index (χ0n) is 16.6. The molecular formula is C23H21F3N4O. The molecule has 160 valence electrons. The second-order valence-corrected chi connectivity index (χ2v) is 8.00. The molecule has 0 saturated carbocycles. The maximum absolute atomic E-state index is 13.9. The number of carbonyl (C=O) groups excluding carboxylic acids is 1. The number of halogens is 3. The molecule has 0 spiro atoms. The standard InChI is InChI=1S/C23H21F3N4O/c24-23(25,26)20-12-19(16-7-2-1-3-8-16)28-21-18(13-27-30(20)21)22(31)29-11-10-15-6-4-5-9-17(15)14-29/h1-9,13,19-20,28H,10-12,14H2/t19-,20+/m1/s1. The maximum atomic E-state index is 13.9. The highest BCUT2D eigenvalue weighted by molar-refractivity contribution is 5.99. The fourth-order valence-corrected chi connectivity index (χ4v) is 4.46. The highest BCUT2D eigenvalue weighted by Gasteiger charge is 2.47. The zero-order valence-corrected chi connectivity index (χ0v) is 16.6. The van der Waals surface area contributed by atoms with E-state index < -0.39 is 18.3 Å². The van der Waals surface area contributed by atoms with Crippen LogP contribution in [0.5, 0.6) is 0 Å². The number of carbonyl (C=O) groups is 1. The summed E-state index contributed by atoms with van der Waals surface area (Å²) in [6.45, 7) is 0.954. The smallest absolute Gasteiger partial charge is 0.363 e. The lowest BCUT2D eigenvalue weighted by Crippen LogP contribution is -2.38. The van der Waals surface area contributed by atoms with E-state index >= 15 is 0 Å². The number of nitrogens with one attached hydrogen (secondary N) is 1. The Hall–Kier alpha value is -3.29. The predicted molar refractivity (Wildman–Crippen MR) is 110 cm³/mol.